The Bertz CT molecular complexity index is 768. The van der Waals surface area contributed by atoms with E-state index in [9.17, 15) is 17.6 Å². The summed E-state index contributed by atoms with van der Waals surface area (Å²) in [5.41, 5.74) is 0.208. The molecular formula is C13H14FNO5S. The molecule has 0 radical (unpaired) electrons. The standard InChI is InChI=1S/C13H14FNO5S/c1-2-3-10(13(16)17)15-21(18,19)12-7-8-6-9(14)4-5-11(8)20-12/h4-7,10,15H,2-3H2,1H3,(H,16,17)/t10-/m0/s1. The Morgan fingerprint density at radius 1 is 1.43 bits per heavy atom. The van der Waals surface area contributed by atoms with Crippen LogP contribution in [-0.4, -0.2) is 25.5 Å². The molecule has 0 saturated carbocycles. The number of benzene rings is 1. The Kier molecular flexibility index (Phi) is 4.29. The van der Waals surface area contributed by atoms with Crippen LogP contribution in [0.5, 0.6) is 0 Å². The van der Waals surface area contributed by atoms with E-state index in [2.05, 4.69) is 4.72 Å². The topological polar surface area (TPSA) is 96.6 Å². The van der Waals surface area contributed by atoms with Gasteiger partial charge in [0.15, 0.2) is 0 Å². The van der Waals surface area contributed by atoms with Crippen molar-refractivity contribution in [1.82, 2.24) is 4.72 Å². The molecule has 1 aromatic heterocycles. The van der Waals surface area contributed by atoms with Gasteiger partial charge in [0.05, 0.1) is 0 Å². The lowest BCUT2D eigenvalue weighted by Gasteiger charge is -2.12. The number of carboxylic acid groups (broad SMARTS) is 1. The number of carbonyl (C=O) groups is 1. The van der Waals surface area contributed by atoms with E-state index in [0.717, 1.165) is 18.2 Å². The molecule has 6 nitrogen and oxygen atoms in total. The van der Waals surface area contributed by atoms with E-state index < -0.39 is 32.9 Å². The number of hydrogen-bond acceptors (Lipinski definition) is 4. The second-order valence-electron chi connectivity index (χ2n) is 4.55. The first kappa shape index (κ1) is 15.5. The predicted molar refractivity (Wildman–Crippen MR) is 72.8 cm³/mol. The van der Waals surface area contributed by atoms with Crippen molar-refractivity contribution in [2.24, 2.45) is 0 Å². The van der Waals surface area contributed by atoms with Gasteiger partial charge in [0.25, 0.3) is 10.0 Å². The van der Waals surface area contributed by atoms with Crippen LogP contribution < -0.4 is 4.72 Å². The quantitative estimate of drug-likeness (QED) is 0.851. The summed E-state index contributed by atoms with van der Waals surface area (Å²) in [7, 11) is -4.12. The maximum absolute atomic E-state index is 13.1. The number of carboxylic acids is 1. The lowest BCUT2D eigenvalue weighted by Crippen LogP contribution is -2.40. The van der Waals surface area contributed by atoms with Crippen molar-refractivity contribution in [2.75, 3.05) is 0 Å². The van der Waals surface area contributed by atoms with Crippen LogP contribution in [-0.2, 0) is 14.8 Å². The highest BCUT2D eigenvalue weighted by Crippen LogP contribution is 2.23. The van der Waals surface area contributed by atoms with Gasteiger partial charge in [-0.1, -0.05) is 13.3 Å². The van der Waals surface area contributed by atoms with Crippen LogP contribution in [0.2, 0.25) is 0 Å². The van der Waals surface area contributed by atoms with Gasteiger partial charge in [0.1, 0.15) is 17.4 Å². The minimum Gasteiger partial charge on any atom is -0.480 e. The number of halogens is 1. The summed E-state index contributed by atoms with van der Waals surface area (Å²) in [5, 5.41) is 8.83. The molecule has 0 fully saturated rings. The monoisotopic (exact) mass is 315 g/mol. The van der Waals surface area contributed by atoms with E-state index in [4.69, 9.17) is 9.52 Å². The third-order valence-corrected chi connectivity index (χ3v) is 4.22. The van der Waals surface area contributed by atoms with E-state index in [1.807, 2.05) is 0 Å². The SMILES string of the molecule is CCC[C@H](NS(=O)(=O)c1cc2cc(F)ccc2o1)C(=O)O. The molecule has 0 amide bonds. The Morgan fingerprint density at radius 2 is 2.14 bits per heavy atom. The zero-order chi connectivity index (χ0) is 15.6. The van der Waals surface area contributed by atoms with Gasteiger partial charge in [-0.05, 0) is 24.6 Å². The largest absolute Gasteiger partial charge is 0.480 e. The van der Waals surface area contributed by atoms with Gasteiger partial charge in [-0.2, -0.15) is 4.72 Å². The molecule has 0 unspecified atom stereocenters. The number of nitrogens with one attached hydrogen (secondary N) is 1. The van der Waals surface area contributed by atoms with Crippen LogP contribution in [0.4, 0.5) is 4.39 Å². The van der Waals surface area contributed by atoms with Crippen LogP contribution in [0.3, 0.4) is 0 Å². The lowest BCUT2D eigenvalue weighted by molar-refractivity contribution is -0.139. The molecule has 0 aliphatic rings. The van der Waals surface area contributed by atoms with Crippen molar-refractivity contribution in [3.05, 3.63) is 30.1 Å². The second kappa shape index (κ2) is 5.82. The fraction of sp³-hybridized carbons (Fsp3) is 0.308. The highest BCUT2D eigenvalue weighted by Gasteiger charge is 2.27. The van der Waals surface area contributed by atoms with Gasteiger partial charge in [-0.25, -0.2) is 12.8 Å². The molecule has 2 aromatic rings. The van der Waals surface area contributed by atoms with E-state index in [-0.39, 0.29) is 17.4 Å². The molecule has 1 heterocycles. The number of hydrogen-bond donors (Lipinski definition) is 2. The molecule has 114 valence electrons. The van der Waals surface area contributed by atoms with Gasteiger partial charge in [-0.15, -0.1) is 0 Å². The number of aliphatic carboxylic acids is 1. The predicted octanol–water partition coefficient (Wildman–Crippen LogP) is 2.10. The average molecular weight is 315 g/mol. The Balaban J connectivity index is 2.34. The minimum atomic E-state index is -4.12. The number of furan rings is 1. The molecule has 0 aliphatic heterocycles. The lowest BCUT2D eigenvalue weighted by atomic mass is 10.2. The van der Waals surface area contributed by atoms with Crippen molar-refractivity contribution >= 4 is 27.0 Å². The highest BCUT2D eigenvalue weighted by molar-refractivity contribution is 7.89. The molecular weight excluding hydrogens is 301 g/mol. The fourth-order valence-electron chi connectivity index (χ4n) is 1.89. The second-order valence-corrected chi connectivity index (χ2v) is 6.19. The fourth-order valence-corrected chi connectivity index (χ4v) is 3.08. The van der Waals surface area contributed by atoms with Crippen molar-refractivity contribution < 1.29 is 27.1 Å². The van der Waals surface area contributed by atoms with E-state index in [1.54, 1.807) is 6.92 Å². The summed E-state index contributed by atoms with van der Waals surface area (Å²) in [5.74, 6) is -1.78. The molecule has 1 atom stereocenters. The highest BCUT2D eigenvalue weighted by atomic mass is 32.2. The zero-order valence-corrected chi connectivity index (χ0v) is 12.0. The molecule has 2 rings (SSSR count). The van der Waals surface area contributed by atoms with Crippen LogP contribution >= 0.6 is 0 Å². The zero-order valence-electron chi connectivity index (χ0n) is 11.2. The molecule has 0 saturated heterocycles. The third-order valence-electron chi connectivity index (χ3n) is 2.89. The minimum absolute atomic E-state index is 0.156. The molecule has 8 heteroatoms. The van der Waals surface area contributed by atoms with Gasteiger partial charge >= 0.3 is 5.97 Å². The van der Waals surface area contributed by atoms with Gasteiger partial charge in [-0.3, -0.25) is 4.79 Å². The van der Waals surface area contributed by atoms with Gasteiger partial charge in [0, 0.05) is 11.5 Å². The summed E-state index contributed by atoms with van der Waals surface area (Å²) in [6.07, 6.45) is 0.661. The van der Waals surface area contributed by atoms with E-state index >= 15 is 0 Å². The van der Waals surface area contributed by atoms with E-state index in [0.29, 0.717) is 6.42 Å². The summed E-state index contributed by atoms with van der Waals surface area (Å²) in [4.78, 5) is 11.0. The smallest absolute Gasteiger partial charge is 0.321 e. The number of rotatable bonds is 6. The summed E-state index contributed by atoms with van der Waals surface area (Å²) in [6.45, 7) is 1.74. The Morgan fingerprint density at radius 3 is 2.76 bits per heavy atom. The first-order valence-corrected chi connectivity index (χ1v) is 7.76. The van der Waals surface area contributed by atoms with Crippen molar-refractivity contribution in [1.29, 1.82) is 0 Å². The van der Waals surface area contributed by atoms with Gasteiger partial charge in [0.2, 0.25) is 5.09 Å². The van der Waals surface area contributed by atoms with E-state index in [1.165, 1.54) is 6.07 Å². The molecule has 1 aromatic carbocycles. The van der Waals surface area contributed by atoms with Crippen LogP contribution in [0, 0.1) is 5.82 Å². The maximum atomic E-state index is 13.1. The maximum Gasteiger partial charge on any atom is 0.321 e. The van der Waals surface area contributed by atoms with Crippen LogP contribution in [0.15, 0.2) is 33.8 Å². The van der Waals surface area contributed by atoms with Crippen LogP contribution in [0.25, 0.3) is 11.0 Å². The molecule has 2 N–H and O–H groups in total. The Hall–Kier alpha value is -1.93. The van der Waals surface area contributed by atoms with Crippen molar-refractivity contribution in [2.45, 2.75) is 30.9 Å². The number of sulfonamides is 1. The van der Waals surface area contributed by atoms with Crippen molar-refractivity contribution in [3.63, 3.8) is 0 Å². The molecule has 21 heavy (non-hydrogen) atoms. The first-order valence-electron chi connectivity index (χ1n) is 6.27. The number of fused-ring (bicyclic) bond motifs is 1. The summed E-state index contributed by atoms with van der Waals surface area (Å²) >= 11 is 0. The normalized spacial score (nSPS) is 13.4. The third kappa shape index (κ3) is 3.40. The summed E-state index contributed by atoms with van der Waals surface area (Å²) < 4.78 is 44.5. The van der Waals surface area contributed by atoms with Crippen LogP contribution in [0.1, 0.15) is 19.8 Å². The first-order chi connectivity index (χ1) is 9.83. The van der Waals surface area contributed by atoms with Gasteiger partial charge < -0.3 is 9.52 Å². The Labute approximate surface area is 120 Å². The average Bonchev–Trinajstić information content (AvgIpc) is 2.81. The molecule has 0 spiro atoms. The summed E-state index contributed by atoms with van der Waals surface area (Å²) in [6, 6.07) is 3.52. The molecule has 0 bridgehead atoms. The molecule has 0 aliphatic carbocycles. The van der Waals surface area contributed by atoms with Crippen molar-refractivity contribution in [3.8, 4) is 0 Å².